The highest BCUT2D eigenvalue weighted by atomic mass is 19.2. The molecule has 0 fully saturated rings. The number of ether oxygens (including phenoxy) is 2. The second kappa shape index (κ2) is 7.88. The van der Waals surface area contributed by atoms with Crippen LogP contribution in [0.5, 0.6) is 5.75 Å². The fraction of sp³-hybridized carbons (Fsp3) is 0.125. The molecule has 120 valence electrons. The summed E-state index contributed by atoms with van der Waals surface area (Å²) in [6.07, 6.45) is 0. The van der Waals surface area contributed by atoms with Crippen LogP contribution in [0.2, 0.25) is 0 Å². The number of benzene rings is 2. The summed E-state index contributed by atoms with van der Waals surface area (Å²) in [6.45, 7) is -0.904. The summed E-state index contributed by atoms with van der Waals surface area (Å²) in [5, 5.41) is 2.28. The van der Waals surface area contributed by atoms with E-state index in [2.05, 4.69) is 5.32 Å². The minimum absolute atomic E-state index is 0.0606. The Bertz CT molecular complexity index is 692. The number of esters is 1. The van der Waals surface area contributed by atoms with Gasteiger partial charge < -0.3 is 14.8 Å². The third-order valence-electron chi connectivity index (χ3n) is 2.67. The molecule has 0 aromatic heterocycles. The normalized spacial score (nSPS) is 10.0. The second-order valence-corrected chi connectivity index (χ2v) is 4.44. The minimum Gasteiger partial charge on any atom is -0.482 e. The summed E-state index contributed by atoms with van der Waals surface area (Å²) < 4.78 is 35.6. The number of hydrogen-bond donors (Lipinski definition) is 1. The van der Waals surface area contributed by atoms with Gasteiger partial charge >= 0.3 is 5.97 Å². The highest BCUT2D eigenvalue weighted by Crippen LogP contribution is 2.13. The summed E-state index contributed by atoms with van der Waals surface area (Å²) in [5.74, 6) is -3.02. The molecule has 1 N–H and O–H groups in total. The van der Waals surface area contributed by atoms with Gasteiger partial charge in [0.15, 0.2) is 24.8 Å². The average molecular weight is 321 g/mol. The van der Waals surface area contributed by atoms with E-state index in [0.717, 1.165) is 12.1 Å². The first-order valence-electron chi connectivity index (χ1n) is 6.63. The van der Waals surface area contributed by atoms with E-state index in [0.29, 0.717) is 5.75 Å². The predicted octanol–water partition coefficient (Wildman–Crippen LogP) is 2.53. The number of halogens is 2. The van der Waals surface area contributed by atoms with E-state index in [1.54, 1.807) is 30.3 Å². The lowest BCUT2D eigenvalue weighted by molar-refractivity contribution is -0.149. The number of nitrogens with one attached hydrogen (secondary N) is 1. The molecule has 23 heavy (non-hydrogen) atoms. The van der Waals surface area contributed by atoms with Crippen molar-refractivity contribution in [3.8, 4) is 5.75 Å². The first-order valence-corrected chi connectivity index (χ1v) is 6.63. The fourth-order valence-electron chi connectivity index (χ4n) is 1.62. The smallest absolute Gasteiger partial charge is 0.344 e. The van der Waals surface area contributed by atoms with Gasteiger partial charge in [-0.25, -0.2) is 13.6 Å². The van der Waals surface area contributed by atoms with Gasteiger partial charge in [0.2, 0.25) is 0 Å². The zero-order valence-electron chi connectivity index (χ0n) is 11.9. The molecule has 0 atom stereocenters. The molecule has 0 unspecified atom stereocenters. The number of para-hydroxylation sites is 1. The van der Waals surface area contributed by atoms with Crippen LogP contribution in [0, 0.1) is 11.6 Å². The molecule has 0 spiro atoms. The summed E-state index contributed by atoms with van der Waals surface area (Å²) >= 11 is 0. The van der Waals surface area contributed by atoms with E-state index < -0.39 is 30.1 Å². The van der Waals surface area contributed by atoms with Crippen LogP contribution in [0.25, 0.3) is 0 Å². The minimum atomic E-state index is -1.09. The lowest BCUT2D eigenvalue weighted by atomic mass is 10.3. The lowest BCUT2D eigenvalue weighted by Crippen LogP contribution is -2.23. The van der Waals surface area contributed by atoms with Crippen molar-refractivity contribution in [2.75, 3.05) is 18.5 Å². The van der Waals surface area contributed by atoms with E-state index >= 15 is 0 Å². The highest BCUT2D eigenvalue weighted by Gasteiger charge is 2.10. The number of hydrogen-bond acceptors (Lipinski definition) is 4. The Morgan fingerprint density at radius 2 is 1.70 bits per heavy atom. The SMILES string of the molecule is O=C(COC(=O)COc1ccccc1)Nc1ccc(F)c(F)c1. The van der Waals surface area contributed by atoms with Crippen LogP contribution in [0.3, 0.4) is 0 Å². The summed E-state index contributed by atoms with van der Waals surface area (Å²) in [7, 11) is 0. The maximum absolute atomic E-state index is 13.0. The number of amides is 1. The first kappa shape index (κ1) is 16.4. The number of anilines is 1. The van der Waals surface area contributed by atoms with Gasteiger partial charge in [0.1, 0.15) is 5.75 Å². The maximum atomic E-state index is 13.0. The topological polar surface area (TPSA) is 64.6 Å². The second-order valence-electron chi connectivity index (χ2n) is 4.44. The van der Waals surface area contributed by atoms with Crippen LogP contribution >= 0.6 is 0 Å². The molecule has 0 saturated carbocycles. The zero-order chi connectivity index (χ0) is 16.7. The molecule has 2 aromatic carbocycles. The van der Waals surface area contributed by atoms with Crippen LogP contribution < -0.4 is 10.1 Å². The molecule has 0 aliphatic heterocycles. The van der Waals surface area contributed by atoms with Crippen molar-refractivity contribution in [1.29, 1.82) is 0 Å². The van der Waals surface area contributed by atoms with Crippen molar-refractivity contribution in [1.82, 2.24) is 0 Å². The Kier molecular flexibility index (Phi) is 5.62. The van der Waals surface area contributed by atoms with E-state index in [1.165, 1.54) is 6.07 Å². The average Bonchev–Trinajstić information content (AvgIpc) is 2.55. The molecular weight excluding hydrogens is 308 g/mol. The molecule has 2 rings (SSSR count). The van der Waals surface area contributed by atoms with Crippen molar-refractivity contribution in [2.45, 2.75) is 0 Å². The van der Waals surface area contributed by atoms with Gasteiger partial charge in [-0.05, 0) is 24.3 Å². The Morgan fingerprint density at radius 1 is 0.957 bits per heavy atom. The molecule has 5 nitrogen and oxygen atoms in total. The van der Waals surface area contributed by atoms with E-state index in [4.69, 9.17) is 9.47 Å². The van der Waals surface area contributed by atoms with Gasteiger partial charge in [0.25, 0.3) is 5.91 Å². The number of carbonyl (C=O) groups is 2. The van der Waals surface area contributed by atoms with Gasteiger partial charge in [0, 0.05) is 11.8 Å². The van der Waals surface area contributed by atoms with E-state index in [9.17, 15) is 18.4 Å². The standard InChI is InChI=1S/C16H13F2NO4/c17-13-7-6-11(8-14(13)18)19-15(20)9-23-16(21)10-22-12-4-2-1-3-5-12/h1-8H,9-10H2,(H,19,20). The van der Waals surface area contributed by atoms with Crippen molar-refractivity contribution in [3.05, 3.63) is 60.2 Å². The molecule has 1 amide bonds. The van der Waals surface area contributed by atoms with Crippen LogP contribution in [0.15, 0.2) is 48.5 Å². The molecule has 0 radical (unpaired) electrons. The van der Waals surface area contributed by atoms with Crippen molar-refractivity contribution >= 4 is 17.6 Å². The van der Waals surface area contributed by atoms with Crippen LogP contribution in [0.4, 0.5) is 14.5 Å². The molecule has 0 bridgehead atoms. The van der Waals surface area contributed by atoms with Crippen molar-refractivity contribution in [2.24, 2.45) is 0 Å². The fourth-order valence-corrected chi connectivity index (χ4v) is 1.62. The number of carbonyl (C=O) groups excluding carboxylic acids is 2. The van der Waals surface area contributed by atoms with E-state index in [1.807, 2.05) is 0 Å². The Labute approximate surface area is 130 Å². The summed E-state index contributed by atoms with van der Waals surface area (Å²) in [5.41, 5.74) is 0.0606. The molecular formula is C16H13F2NO4. The Morgan fingerprint density at radius 3 is 2.39 bits per heavy atom. The quantitative estimate of drug-likeness (QED) is 0.831. The van der Waals surface area contributed by atoms with E-state index in [-0.39, 0.29) is 12.3 Å². The maximum Gasteiger partial charge on any atom is 0.344 e. The molecule has 0 saturated heterocycles. The first-order chi connectivity index (χ1) is 11.0. The van der Waals surface area contributed by atoms with Gasteiger partial charge in [-0.1, -0.05) is 18.2 Å². The largest absolute Gasteiger partial charge is 0.482 e. The number of rotatable bonds is 6. The molecule has 2 aromatic rings. The molecule has 0 aliphatic carbocycles. The van der Waals surface area contributed by atoms with Crippen LogP contribution in [0.1, 0.15) is 0 Å². The monoisotopic (exact) mass is 321 g/mol. The third-order valence-corrected chi connectivity index (χ3v) is 2.67. The Balaban J connectivity index is 1.73. The molecule has 0 heterocycles. The predicted molar refractivity (Wildman–Crippen MR) is 77.9 cm³/mol. The van der Waals surface area contributed by atoms with Gasteiger partial charge in [-0.15, -0.1) is 0 Å². The third kappa shape index (κ3) is 5.39. The zero-order valence-corrected chi connectivity index (χ0v) is 11.9. The van der Waals surface area contributed by atoms with Gasteiger partial charge in [0.05, 0.1) is 0 Å². The van der Waals surface area contributed by atoms with Crippen molar-refractivity contribution < 1.29 is 27.8 Å². The van der Waals surface area contributed by atoms with Crippen LogP contribution in [-0.4, -0.2) is 25.1 Å². The highest BCUT2D eigenvalue weighted by molar-refractivity contribution is 5.92. The van der Waals surface area contributed by atoms with Crippen molar-refractivity contribution in [3.63, 3.8) is 0 Å². The lowest BCUT2D eigenvalue weighted by Gasteiger charge is -2.08. The molecule has 0 aliphatic rings. The summed E-state index contributed by atoms with van der Waals surface area (Å²) in [4.78, 5) is 23.0. The van der Waals surface area contributed by atoms with Crippen LogP contribution in [-0.2, 0) is 14.3 Å². The Hall–Kier alpha value is -2.96. The van der Waals surface area contributed by atoms with Gasteiger partial charge in [-0.3, -0.25) is 4.79 Å². The van der Waals surface area contributed by atoms with Gasteiger partial charge in [-0.2, -0.15) is 0 Å². The molecule has 7 heteroatoms. The summed E-state index contributed by atoms with van der Waals surface area (Å²) in [6, 6.07) is 11.5.